The van der Waals surface area contributed by atoms with Gasteiger partial charge in [0.05, 0.1) is 24.4 Å². The van der Waals surface area contributed by atoms with E-state index >= 15 is 0 Å². The lowest BCUT2D eigenvalue weighted by Gasteiger charge is -2.24. The monoisotopic (exact) mass is 366 g/mol. The molecule has 132 valence electrons. The van der Waals surface area contributed by atoms with E-state index in [4.69, 9.17) is 16.3 Å². The van der Waals surface area contributed by atoms with Crippen LogP contribution in [0.25, 0.3) is 0 Å². The number of anilines is 1. The molecule has 0 spiro atoms. The molecule has 0 N–H and O–H groups in total. The first-order valence-electron chi connectivity index (χ1n) is 8.38. The van der Waals surface area contributed by atoms with Gasteiger partial charge in [-0.25, -0.2) is 0 Å². The summed E-state index contributed by atoms with van der Waals surface area (Å²) in [7, 11) is 0. The number of amides is 1. The number of benzene rings is 2. The van der Waals surface area contributed by atoms with Crippen molar-refractivity contribution < 1.29 is 9.53 Å². The molecule has 5 heteroatoms. The normalized spacial score (nSPS) is 10.4. The van der Waals surface area contributed by atoms with Crippen LogP contribution in [-0.4, -0.2) is 17.5 Å². The van der Waals surface area contributed by atoms with Crippen LogP contribution in [0.15, 0.2) is 72.9 Å². The molecule has 0 aliphatic rings. The van der Waals surface area contributed by atoms with Gasteiger partial charge >= 0.3 is 0 Å². The van der Waals surface area contributed by atoms with E-state index in [9.17, 15) is 4.79 Å². The summed E-state index contributed by atoms with van der Waals surface area (Å²) in [6, 6.07) is 20.1. The zero-order valence-corrected chi connectivity index (χ0v) is 15.2. The molecule has 0 aliphatic carbocycles. The molecule has 1 aromatic heterocycles. The van der Waals surface area contributed by atoms with Crippen LogP contribution in [0.5, 0.6) is 5.75 Å². The number of aromatic nitrogens is 1. The SMILES string of the molecule is CCOc1ccccc1C(=O)N(Cc1ccccn1)c1ccc(Cl)cc1. The summed E-state index contributed by atoms with van der Waals surface area (Å²) in [6.45, 7) is 2.74. The van der Waals surface area contributed by atoms with Gasteiger partial charge < -0.3 is 9.64 Å². The second-order valence-corrected chi connectivity index (χ2v) is 6.05. The molecule has 0 aliphatic heterocycles. The molecule has 1 amide bonds. The topological polar surface area (TPSA) is 42.4 Å². The second kappa shape index (κ2) is 8.50. The third-order valence-corrected chi connectivity index (χ3v) is 4.10. The Labute approximate surface area is 158 Å². The Morgan fingerprint density at radius 2 is 1.77 bits per heavy atom. The summed E-state index contributed by atoms with van der Waals surface area (Å²) in [4.78, 5) is 19.3. The van der Waals surface area contributed by atoms with E-state index in [0.29, 0.717) is 29.5 Å². The first kappa shape index (κ1) is 18.0. The van der Waals surface area contributed by atoms with Crippen LogP contribution in [-0.2, 0) is 6.54 Å². The number of carbonyl (C=O) groups excluding carboxylic acids is 1. The van der Waals surface area contributed by atoms with Crippen molar-refractivity contribution in [1.82, 2.24) is 4.98 Å². The first-order valence-corrected chi connectivity index (χ1v) is 8.76. The molecule has 26 heavy (non-hydrogen) atoms. The van der Waals surface area contributed by atoms with Crippen molar-refractivity contribution in [2.45, 2.75) is 13.5 Å². The van der Waals surface area contributed by atoms with Crippen molar-refractivity contribution in [3.8, 4) is 5.75 Å². The largest absolute Gasteiger partial charge is 0.493 e. The fraction of sp³-hybridized carbons (Fsp3) is 0.143. The minimum atomic E-state index is -0.151. The van der Waals surface area contributed by atoms with Crippen LogP contribution < -0.4 is 9.64 Å². The predicted molar refractivity (Wildman–Crippen MR) is 104 cm³/mol. The number of para-hydroxylation sites is 1. The average molecular weight is 367 g/mol. The molecule has 0 saturated heterocycles. The van der Waals surface area contributed by atoms with Gasteiger partial charge in [0.15, 0.2) is 0 Å². The Morgan fingerprint density at radius 1 is 1.04 bits per heavy atom. The van der Waals surface area contributed by atoms with E-state index in [1.165, 1.54) is 0 Å². The number of ether oxygens (including phenoxy) is 1. The van der Waals surface area contributed by atoms with Crippen LogP contribution in [0.2, 0.25) is 5.02 Å². The fourth-order valence-corrected chi connectivity index (χ4v) is 2.75. The molecule has 0 bridgehead atoms. The van der Waals surface area contributed by atoms with Crippen molar-refractivity contribution in [3.05, 3.63) is 89.2 Å². The van der Waals surface area contributed by atoms with Crippen molar-refractivity contribution in [3.63, 3.8) is 0 Å². The van der Waals surface area contributed by atoms with Gasteiger partial charge in [-0.1, -0.05) is 29.8 Å². The van der Waals surface area contributed by atoms with Gasteiger partial charge in [-0.05, 0) is 55.5 Å². The van der Waals surface area contributed by atoms with Gasteiger partial charge in [-0.15, -0.1) is 0 Å². The van der Waals surface area contributed by atoms with Gasteiger partial charge in [0, 0.05) is 16.9 Å². The van der Waals surface area contributed by atoms with Gasteiger partial charge in [-0.3, -0.25) is 9.78 Å². The minimum absolute atomic E-state index is 0.151. The second-order valence-electron chi connectivity index (χ2n) is 5.62. The smallest absolute Gasteiger partial charge is 0.262 e. The van der Waals surface area contributed by atoms with E-state index in [-0.39, 0.29) is 5.91 Å². The van der Waals surface area contributed by atoms with E-state index in [1.807, 2.05) is 49.4 Å². The number of nitrogens with zero attached hydrogens (tertiary/aromatic N) is 2. The molecule has 4 nitrogen and oxygen atoms in total. The summed E-state index contributed by atoms with van der Waals surface area (Å²) in [5, 5.41) is 0.619. The Hall–Kier alpha value is -2.85. The Kier molecular flexibility index (Phi) is 5.87. The zero-order valence-electron chi connectivity index (χ0n) is 14.4. The molecule has 0 saturated carbocycles. The summed E-state index contributed by atoms with van der Waals surface area (Å²) in [5.41, 5.74) is 2.06. The molecule has 3 rings (SSSR count). The van der Waals surface area contributed by atoms with E-state index < -0.39 is 0 Å². The highest BCUT2D eigenvalue weighted by Gasteiger charge is 2.21. The highest BCUT2D eigenvalue weighted by Crippen LogP contribution is 2.26. The highest BCUT2D eigenvalue weighted by atomic mass is 35.5. The van der Waals surface area contributed by atoms with Crippen molar-refractivity contribution in [2.75, 3.05) is 11.5 Å². The van der Waals surface area contributed by atoms with Crippen molar-refractivity contribution in [1.29, 1.82) is 0 Å². The van der Waals surface area contributed by atoms with E-state index in [2.05, 4.69) is 4.98 Å². The quantitative estimate of drug-likeness (QED) is 0.617. The molecular weight excluding hydrogens is 348 g/mol. The number of rotatable bonds is 6. The van der Waals surface area contributed by atoms with Gasteiger partial charge in [0.2, 0.25) is 0 Å². The maximum absolute atomic E-state index is 13.3. The summed E-state index contributed by atoms with van der Waals surface area (Å²) >= 11 is 6.00. The molecule has 0 unspecified atom stereocenters. The first-order chi connectivity index (χ1) is 12.7. The van der Waals surface area contributed by atoms with Crippen molar-refractivity contribution in [2.24, 2.45) is 0 Å². The molecule has 0 fully saturated rings. The number of carbonyl (C=O) groups is 1. The van der Waals surface area contributed by atoms with Crippen molar-refractivity contribution >= 4 is 23.2 Å². The molecule has 2 aromatic carbocycles. The third kappa shape index (κ3) is 4.21. The number of pyridine rings is 1. The maximum atomic E-state index is 13.3. The highest BCUT2D eigenvalue weighted by molar-refractivity contribution is 6.30. The zero-order chi connectivity index (χ0) is 18.4. The van der Waals surface area contributed by atoms with Crippen LogP contribution in [0, 0.1) is 0 Å². The third-order valence-electron chi connectivity index (χ3n) is 3.85. The molecule has 0 atom stereocenters. The Morgan fingerprint density at radius 3 is 2.46 bits per heavy atom. The van der Waals surface area contributed by atoms with Gasteiger partial charge in [-0.2, -0.15) is 0 Å². The molecule has 1 heterocycles. The molecule has 3 aromatic rings. The number of hydrogen-bond acceptors (Lipinski definition) is 3. The van der Waals surface area contributed by atoms with E-state index in [0.717, 1.165) is 11.4 Å². The Balaban J connectivity index is 1.99. The fourth-order valence-electron chi connectivity index (χ4n) is 2.63. The standard InChI is InChI=1S/C21H19ClN2O2/c1-2-26-20-9-4-3-8-19(20)21(25)24(15-17-7-5-6-14-23-17)18-12-10-16(22)11-13-18/h3-14H,2,15H2,1H3. The van der Waals surface area contributed by atoms with Crippen LogP contribution >= 0.6 is 11.6 Å². The summed E-state index contributed by atoms with van der Waals surface area (Å²) in [5.74, 6) is 0.419. The predicted octanol–water partition coefficient (Wildman–Crippen LogP) is 4.98. The lowest BCUT2D eigenvalue weighted by Crippen LogP contribution is -2.31. The summed E-state index contributed by atoms with van der Waals surface area (Å²) < 4.78 is 5.63. The summed E-state index contributed by atoms with van der Waals surface area (Å²) in [6.07, 6.45) is 1.72. The van der Waals surface area contributed by atoms with E-state index in [1.54, 1.807) is 35.4 Å². The maximum Gasteiger partial charge on any atom is 0.262 e. The van der Waals surface area contributed by atoms with Crippen LogP contribution in [0.3, 0.4) is 0 Å². The number of halogens is 1. The number of hydrogen-bond donors (Lipinski definition) is 0. The van der Waals surface area contributed by atoms with Gasteiger partial charge in [0.1, 0.15) is 5.75 Å². The minimum Gasteiger partial charge on any atom is -0.493 e. The lowest BCUT2D eigenvalue weighted by molar-refractivity contribution is 0.0981. The molecular formula is C21H19ClN2O2. The lowest BCUT2D eigenvalue weighted by atomic mass is 10.1. The average Bonchev–Trinajstić information content (AvgIpc) is 2.68. The van der Waals surface area contributed by atoms with Crippen LogP contribution in [0.4, 0.5) is 5.69 Å². The van der Waals surface area contributed by atoms with Gasteiger partial charge in [0.25, 0.3) is 5.91 Å². The molecule has 0 radical (unpaired) electrons. The van der Waals surface area contributed by atoms with Crippen LogP contribution in [0.1, 0.15) is 23.0 Å². The Bertz CT molecular complexity index is 867.